The van der Waals surface area contributed by atoms with E-state index >= 15 is 0 Å². The molecule has 1 aromatic carbocycles. The molecule has 86 valence electrons. The van der Waals surface area contributed by atoms with Gasteiger partial charge in [0.15, 0.2) is 11.4 Å². The molecule has 1 fully saturated rings. The van der Waals surface area contributed by atoms with Gasteiger partial charge in [0.05, 0.1) is 6.61 Å². The molecule has 3 heteroatoms. The van der Waals surface area contributed by atoms with E-state index in [0.29, 0.717) is 18.6 Å². The van der Waals surface area contributed by atoms with Crippen molar-refractivity contribution in [2.45, 2.75) is 25.4 Å². The number of hydrogen-bond acceptors (Lipinski definition) is 3. The number of ketones is 1. The Balaban J connectivity index is 2.20. The lowest BCUT2D eigenvalue weighted by Crippen LogP contribution is -2.46. The second-order valence-electron chi connectivity index (χ2n) is 4.38. The van der Waals surface area contributed by atoms with Gasteiger partial charge in [0.1, 0.15) is 0 Å². The van der Waals surface area contributed by atoms with Crippen molar-refractivity contribution < 1.29 is 14.6 Å². The first-order chi connectivity index (χ1) is 7.62. The van der Waals surface area contributed by atoms with E-state index in [1.54, 1.807) is 12.1 Å². The zero-order valence-electron chi connectivity index (χ0n) is 9.40. The van der Waals surface area contributed by atoms with Gasteiger partial charge in [-0.2, -0.15) is 0 Å². The van der Waals surface area contributed by atoms with Crippen molar-refractivity contribution >= 4 is 5.78 Å². The lowest BCUT2D eigenvalue weighted by atomic mass is 9.88. The van der Waals surface area contributed by atoms with Gasteiger partial charge >= 0.3 is 0 Å². The molecule has 1 heterocycles. The number of ether oxygens (including phenoxy) is 1. The topological polar surface area (TPSA) is 46.5 Å². The Labute approximate surface area is 95.0 Å². The average molecular weight is 220 g/mol. The third-order valence-corrected chi connectivity index (χ3v) is 2.96. The predicted octanol–water partition coefficient (Wildman–Crippen LogP) is 1.72. The van der Waals surface area contributed by atoms with Gasteiger partial charge in [-0.25, -0.2) is 0 Å². The summed E-state index contributed by atoms with van der Waals surface area (Å²) in [6, 6.07) is 7.26. The molecule has 16 heavy (non-hydrogen) atoms. The second kappa shape index (κ2) is 4.36. The molecule has 2 rings (SSSR count). The molecular formula is C13H16O3. The van der Waals surface area contributed by atoms with E-state index in [9.17, 15) is 9.90 Å². The monoisotopic (exact) mass is 220 g/mol. The van der Waals surface area contributed by atoms with Crippen LogP contribution >= 0.6 is 0 Å². The molecule has 0 radical (unpaired) electrons. The Morgan fingerprint density at radius 3 is 2.62 bits per heavy atom. The van der Waals surface area contributed by atoms with Crippen LogP contribution in [0.3, 0.4) is 0 Å². The van der Waals surface area contributed by atoms with Gasteiger partial charge in [-0.05, 0) is 19.8 Å². The highest BCUT2D eigenvalue weighted by Gasteiger charge is 2.38. The maximum Gasteiger partial charge on any atom is 0.196 e. The van der Waals surface area contributed by atoms with Crippen molar-refractivity contribution in [1.82, 2.24) is 0 Å². The van der Waals surface area contributed by atoms with Gasteiger partial charge in [-0.3, -0.25) is 4.79 Å². The molecule has 0 saturated carbocycles. The Morgan fingerprint density at radius 2 is 2.06 bits per heavy atom. The lowest BCUT2D eigenvalue weighted by Gasteiger charge is -2.30. The first kappa shape index (κ1) is 11.3. The summed E-state index contributed by atoms with van der Waals surface area (Å²) in [7, 11) is 0. The van der Waals surface area contributed by atoms with E-state index in [2.05, 4.69) is 0 Å². The summed E-state index contributed by atoms with van der Waals surface area (Å²) in [6.07, 6.45) is 1.22. The second-order valence-corrected chi connectivity index (χ2v) is 4.38. The van der Waals surface area contributed by atoms with Crippen molar-refractivity contribution in [2.75, 3.05) is 13.2 Å². The van der Waals surface area contributed by atoms with E-state index in [1.807, 2.05) is 19.1 Å². The summed E-state index contributed by atoms with van der Waals surface area (Å²) in [5.41, 5.74) is 0.329. The van der Waals surface area contributed by atoms with Gasteiger partial charge in [-0.15, -0.1) is 0 Å². The van der Waals surface area contributed by atoms with Crippen LogP contribution in [0.1, 0.15) is 28.8 Å². The maximum atomic E-state index is 12.1. The zero-order valence-corrected chi connectivity index (χ0v) is 9.40. The summed E-state index contributed by atoms with van der Waals surface area (Å²) < 4.78 is 5.18. The normalized spacial score (nSPS) is 25.4. The average Bonchev–Trinajstić information content (AvgIpc) is 2.30. The Morgan fingerprint density at radius 1 is 1.38 bits per heavy atom. The molecule has 0 bridgehead atoms. The third kappa shape index (κ3) is 2.15. The van der Waals surface area contributed by atoms with Gasteiger partial charge in [-0.1, -0.05) is 29.8 Å². The summed E-state index contributed by atoms with van der Waals surface area (Å²) in [5, 5.41) is 10.2. The van der Waals surface area contributed by atoms with Crippen molar-refractivity contribution in [2.24, 2.45) is 0 Å². The quantitative estimate of drug-likeness (QED) is 0.772. The number of carbonyl (C=O) groups excluding carboxylic acids is 1. The molecular weight excluding hydrogens is 204 g/mol. The third-order valence-electron chi connectivity index (χ3n) is 2.96. The predicted molar refractivity (Wildman–Crippen MR) is 60.5 cm³/mol. The van der Waals surface area contributed by atoms with Crippen molar-refractivity contribution in [3.05, 3.63) is 35.4 Å². The fourth-order valence-electron chi connectivity index (χ4n) is 1.93. The molecule has 1 unspecified atom stereocenters. The smallest absolute Gasteiger partial charge is 0.196 e. The van der Waals surface area contributed by atoms with Gasteiger partial charge in [0.2, 0.25) is 0 Å². The summed E-state index contributed by atoms with van der Waals surface area (Å²) in [5.74, 6) is -0.229. The minimum Gasteiger partial charge on any atom is -0.379 e. The van der Waals surface area contributed by atoms with Crippen LogP contribution < -0.4 is 0 Å². The molecule has 1 saturated heterocycles. The van der Waals surface area contributed by atoms with E-state index < -0.39 is 5.60 Å². The number of hydrogen-bond donors (Lipinski definition) is 1. The van der Waals surface area contributed by atoms with E-state index in [4.69, 9.17) is 4.74 Å². The number of Topliss-reactive ketones (excluding diaryl/α,β-unsaturated/α-hetero) is 1. The molecule has 1 atom stereocenters. The van der Waals surface area contributed by atoms with Crippen LogP contribution in [-0.4, -0.2) is 29.7 Å². The van der Waals surface area contributed by atoms with Crippen LogP contribution in [-0.2, 0) is 4.74 Å². The summed E-state index contributed by atoms with van der Waals surface area (Å²) in [4.78, 5) is 12.1. The van der Waals surface area contributed by atoms with Crippen LogP contribution in [0.25, 0.3) is 0 Å². The van der Waals surface area contributed by atoms with E-state index in [-0.39, 0.29) is 12.4 Å². The molecule has 1 aromatic rings. The highest BCUT2D eigenvalue weighted by atomic mass is 16.5. The minimum atomic E-state index is -1.33. The number of rotatable bonds is 2. The molecule has 0 aromatic heterocycles. The van der Waals surface area contributed by atoms with Gasteiger partial charge < -0.3 is 9.84 Å². The molecule has 3 nitrogen and oxygen atoms in total. The number of aliphatic hydroxyl groups is 1. The van der Waals surface area contributed by atoms with Crippen molar-refractivity contribution in [3.63, 3.8) is 0 Å². The number of benzene rings is 1. The Kier molecular flexibility index (Phi) is 3.08. The highest BCUT2D eigenvalue weighted by Crippen LogP contribution is 2.23. The fraction of sp³-hybridized carbons (Fsp3) is 0.462. The van der Waals surface area contributed by atoms with Crippen LogP contribution in [0.15, 0.2) is 24.3 Å². The highest BCUT2D eigenvalue weighted by molar-refractivity contribution is 6.02. The van der Waals surface area contributed by atoms with E-state index in [1.165, 1.54) is 0 Å². The van der Waals surface area contributed by atoms with Crippen LogP contribution in [0.4, 0.5) is 0 Å². The van der Waals surface area contributed by atoms with Gasteiger partial charge in [0.25, 0.3) is 0 Å². The molecule has 1 aliphatic heterocycles. The summed E-state index contributed by atoms with van der Waals surface area (Å²) in [6.45, 7) is 2.70. The van der Waals surface area contributed by atoms with E-state index in [0.717, 1.165) is 12.0 Å². The van der Waals surface area contributed by atoms with Crippen molar-refractivity contribution in [1.29, 1.82) is 0 Å². The standard InChI is InChI=1S/C13H16O3/c1-10-3-5-11(6-4-10)12(14)13(15)7-2-8-16-9-13/h3-6,15H,2,7-9H2,1H3. The summed E-state index contributed by atoms with van der Waals surface area (Å²) >= 11 is 0. The Bertz CT molecular complexity index is 375. The largest absolute Gasteiger partial charge is 0.379 e. The molecule has 1 aliphatic rings. The maximum absolute atomic E-state index is 12.1. The molecule has 0 amide bonds. The first-order valence-corrected chi connectivity index (χ1v) is 5.53. The van der Waals surface area contributed by atoms with Gasteiger partial charge in [0, 0.05) is 12.2 Å². The number of aryl methyl sites for hydroxylation is 1. The minimum absolute atomic E-state index is 0.111. The SMILES string of the molecule is Cc1ccc(C(=O)C2(O)CCCOC2)cc1. The number of carbonyl (C=O) groups is 1. The molecule has 1 N–H and O–H groups in total. The fourth-order valence-corrected chi connectivity index (χ4v) is 1.93. The molecule has 0 aliphatic carbocycles. The zero-order chi connectivity index (χ0) is 11.6. The van der Waals surface area contributed by atoms with Crippen LogP contribution in [0, 0.1) is 6.92 Å². The van der Waals surface area contributed by atoms with Crippen LogP contribution in [0.2, 0.25) is 0 Å². The first-order valence-electron chi connectivity index (χ1n) is 5.53. The van der Waals surface area contributed by atoms with Crippen LogP contribution in [0.5, 0.6) is 0 Å². The molecule has 0 spiro atoms. The Hall–Kier alpha value is -1.19. The lowest BCUT2D eigenvalue weighted by molar-refractivity contribution is -0.0622. The van der Waals surface area contributed by atoms with Crippen molar-refractivity contribution in [3.8, 4) is 0 Å².